The molecular formula is C23H35N3O3S. The number of hydrogen-bond acceptors (Lipinski definition) is 6. The number of aromatic nitrogens is 1. The second-order valence-electron chi connectivity index (χ2n) is 10.1. The summed E-state index contributed by atoms with van der Waals surface area (Å²) in [4.78, 5) is 14.2. The zero-order valence-corrected chi connectivity index (χ0v) is 18.9. The van der Waals surface area contributed by atoms with Crippen molar-refractivity contribution in [2.75, 3.05) is 20.2 Å². The van der Waals surface area contributed by atoms with E-state index in [1.165, 1.54) is 51.4 Å². The Labute approximate surface area is 183 Å². The molecule has 0 saturated heterocycles. The van der Waals surface area contributed by atoms with Crippen molar-refractivity contribution in [2.45, 2.75) is 86.3 Å². The fraction of sp³-hybridized carbons (Fsp3) is 0.826. The van der Waals surface area contributed by atoms with Gasteiger partial charge in [-0.2, -0.15) is 0 Å². The third-order valence-corrected chi connectivity index (χ3v) is 9.07. The zero-order chi connectivity index (χ0) is 20.6. The van der Waals surface area contributed by atoms with Crippen LogP contribution in [0.1, 0.15) is 81.2 Å². The molecule has 6 rings (SSSR count). The van der Waals surface area contributed by atoms with Gasteiger partial charge in [0.15, 0.2) is 0 Å². The maximum absolute atomic E-state index is 13.4. The van der Waals surface area contributed by atoms with Crippen molar-refractivity contribution in [2.24, 2.45) is 17.8 Å². The SMILES string of the molecule is CNCCOc1noc(C(=O)NC23CC4CC(CC(C4)C2)C3)c1SC1CCCCC1. The molecule has 6 nitrogen and oxygen atoms in total. The van der Waals surface area contributed by atoms with Crippen LogP contribution in [0.15, 0.2) is 9.42 Å². The highest BCUT2D eigenvalue weighted by Gasteiger charge is 2.52. The van der Waals surface area contributed by atoms with Gasteiger partial charge in [0.05, 0.1) is 0 Å². The predicted molar refractivity (Wildman–Crippen MR) is 117 cm³/mol. The average Bonchev–Trinajstić information content (AvgIpc) is 3.10. The Kier molecular flexibility index (Phi) is 6.02. The van der Waals surface area contributed by atoms with Crippen LogP contribution in [0.25, 0.3) is 0 Å². The summed E-state index contributed by atoms with van der Waals surface area (Å²) in [6.07, 6.45) is 13.7. The minimum absolute atomic E-state index is 0.0292. The minimum atomic E-state index is -0.0915. The number of nitrogens with zero attached hydrogens (tertiary/aromatic N) is 1. The van der Waals surface area contributed by atoms with Crippen molar-refractivity contribution in [3.63, 3.8) is 0 Å². The Balaban J connectivity index is 1.34. The van der Waals surface area contributed by atoms with Gasteiger partial charge < -0.3 is 19.9 Å². The van der Waals surface area contributed by atoms with Crippen LogP contribution in [0.2, 0.25) is 0 Å². The third-order valence-electron chi connectivity index (χ3n) is 7.67. The molecule has 30 heavy (non-hydrogen) atoms. The third kappa shape index (κ3) is 4.24. The Morgan fingerprint density at radius 1 is 1.13 bits per heavy atom. The first-order valence-corrected chi connectivity index (χ1v) is 12.8. The van der Waals surface area contributed by atoms with Gasteiger partial charge in [-0.3, -0.25) is 4.79 Å². The van der Waals surface area contributed by atoms with Crippen LogP contribution in [0.4, 0.5) is 0 Å². The molecule has 5 fully saturated rings. The lowest BCUT2D eigenvalue weighted by Gasteiger charge is -2.56. The lowest BCUT2D eigenvalue weighted by molar-refractivity contribution is -0.0173. The molecule has 7 heteroatoms. The molecule has 4 bridgehead atoms. The summed E-state index contributed by atoms with van der Waals surface area (Å²) >= 11 is 1.74. The van der Waals surface area contributed by atoms with Gasteiger partial charge in [-0.05, 0) is 81.3 Å². The summed E-state index contributed by atoms with van der Waals surface area (Å²) in [5, 5.41) is 11.2. The Morgan fingerprint density at radius 2 is 1.80 bits per heavy atom. The molecule has 1 amide bonds. The van der Waals surface area contributed by atoms with Gasteiger partial charge in [0.1, 0.15) is 11.5 Å². The minimum Gasteiger partial charge on any atom is -0.473 e. The Bertz CT molecular complexity index is 724. The van der Waals surface area contributed by atoms with Crippen molar-refractivity contribution >= 4 is 17.7 Å². The molecule has 1 heterocycles. The molecule has 5 saturated carbocycles. The van der Waals surface area contributed by atoms with E-state index in [4.69, 9.17) is 9.26 Å². The van der Waals surface area contributed by atoms with Crippen LogP contribution >= 0.6 is 11.8 Å². The molecule has 1 aromatic heterocycles. The first-order chi connectivity index (χ1) is 14.6. The zero-order valence-electron chi connectivity index (χ0n) is 18.1. The summed E-state index contributed by atoms with van der Waals surface area (Å²) in [7, 11) is 1.90. The first-order valence-electron chi connectivity index (χ1n) is 11.9. The highest BCUT2D eigenvalue weighted by Crippen LogP contribution is 2.55. The van der Waals surface area contributed by atoms with Gasteiger partial charge in [0.2, 0.25) is 5.76 Å². The number of rotatable bonds is 8. The Morgan fingerprint density at radius 3 is 2.43 bits per heavy atom. The number of thioether (sulfide) groups is 1. The molecule has 1 aromatic rings. The lowest BCUT2D eigenvalue weighted by Crippen LogP contribution is -2.59. The molecule has 0 unspecified atom stereocenters. The number of amides is 1. The van der Waals surface area contributed by atoms with E-state index in [2.05, 4.69) is 15.8 Å². The second kappa shape index (κ2) is 8.73. The molecule has 0 spiro atoms. The predicted octanol–water partition coefficient (Wildman–Crippen LogP) is 4.40. The second-order valence-corrected chi connectivity index (χ2v) is 11.4. The summed E-state index contributed by atoms with van der Waals surface area (Å²) in [5.41, 5.74) is -0.0292. The van der Waals surface area contributed by atoms with Crippen molar-refractivity contribution in [3.8, 4) is 5.88 Å². The van der Waals surface area contributed by atoms with Crippen LogP contribution < -0.4 is 15.4 Å². The van der Waals surface area contributed by atoms with Gasteiger partial charge in [-0.1, -0.05) is 19.3 Å². The van der Waals surface area contributed by atoms with Gasteiger partial charge >= 0.3 is 0 Å². The van der Waals surface area contributed by atoms with Gasteiger partial charge in [0, 0.05) is 17.3 Å². The number of ether oxygens (including phenoxy) is 1. The van der Waals surface area contributed by atoms with Gasteiger partial charge in [-0.25, -0.2) is 0 Å². The molecule has 5 aliphatic carbocycles. The number of carbonyl (C=O) groups excluding carboxylic acids is 1. The topological polar surface area (TPSA) is 76.4 Å². The smallest absolute Gasteiger partial charge is 0.291 e. The number of nitrogens with one attached hydrogen (secondary N) is 2. The average molecular weight is 434 g/mol. The van der Waals surface area contributed by atoms with Gasteiger partial charge in [-0.15, -0.1) is 11.8 Å². The molecular weight excluding hydrogens is 398 g/mol. The van der Waals surface area contributed by atoms with E-state index in [1.54, 1.807) is 11.8 Å². The molecule has 0 aromatic carbocycles. The van der Waals surface area contributed by atoms with E-state index in [9.17, 15) is 4.79 Å². The van der Waals surface area contributed by atoms with E-state index in [0.29, 0.717) is 23.5 Å². The number of carbonyl (C=O) groups is 1. The lowest BCUT2D eigenvalue weighted by atomic mass is 9.53. The molecule has 0 radical (unpaired) electrons. The summed E-state index contributed by atoms with van der Waals surface area (Å²) < 4.78 is 11.5. The van der Waals surface area contributed by atoms with E-state index in [-0.39, 0.29) is 11.4 Å². The van der Waals surface area contributed by atoms with Crippen molar-refractivity contribution in [3.05, 3.63) is 5.76 Å². The van der Waals surface area contributed by atoms with Gasteiger partial charge in [0.25, 0.3) is 11.8 Å². The fourth-order valence-electron chi connectivity index (χ4n) is 6.77. The number of hydrogen-bond donors (Lipinski definition) is 2. The summed E-state index contributed by atoms with van der Waals surface area (Å²) in [5.74, 6) is 3.14. The maximum Gasteiger partial charge on any atom is 0.291 e. The summed E-state index contributed by atoms with van der Waals surface area (Å²) in [6, 6.07) is 0. The monoisotopic (exact) mass is 433 g/mol. The van der Waals surface area contributed by atoms with Crippen LogP contribution in [0.5, 0.6) is 5.88 Å². The van der Waals surface area contributed by atoms with E-state index in [1.807, 2.05) is 7.05 Å². The number of likely N-dealkylation sites (N-methyl/N-ethyl adjacent to an activating group) is 1. The van der Waals surface area contributed by atoms with E-state index in [0.717, 1.165) is 48.5 Å². The highest BCUT2D eigenvalue weighted by atomic mass is 32.2. The molecule has 0 aliphatic heterocycles. The fourth-order valence-corrected chi connectivity index (χ4v) is 8.10. The summed E-state index contributed by atoms with van der Waals surface area (Å²) in [6.45, 7) is 1.24. The van der Waals surface area contributed by atoms with Crippen LogP contribution in [0, 0.1) is 17.8 Å². The Hall–Kier alpha value is -1.21. The highest BCUT2D eigenvalue weighted by molar-refractivity contribution is 8.00. The molecule has 2 N–H and O–H groups in total. The van der Waals surface area contributed by atoms with E-state index >= 15 is 0 Å². The van der Waals surface area contributed by atoms with Crippen LogP contribution in [-0.2, 0) is 0 Å². The maximum atomic E-state index is 13.4. The standard InChI is InChI=1S/C23H35N3O3S/c1-24-7-8-28-22-20(30-18-5-3-2-4-6-18)19(29-26-22)21(27)25-23-12-15-9-16(13-23)11-17(10-15)14-23/h15-18,24H,2-14H2,1H3,(H,25,27). The normalized spacial score (nSPS) is 33.0. The van der Waals surface area contributed by atoms with Crippen LogP contribution in [-0.4, -0.2) is 42.1 Å². The van der Waals surface area contributed by atoms with Crippen molar-refractivity contribution in [1.29, 1.82) is 0 Å². The quantitative estimate of drug-likeness (QED) is 0.592. The first kappa shape index (κ1) is 20.7. The molecule has 5 aliphatic rings. The van der Waals surface area contributed by atoms with Crippen LogP contribution in [0.3, 0.4) is 0 Å². The molecule has 0 atom stereocenters. The van der Waals surface area contributed by atoms with E-state index < -0.39 is 0 Å². The molecule has 166 valence electrons. The van der Waals surface area contributed by atoms with Crippen molar-refractivity contribution < 1.29 is 14.1 Å². The van der Waals surface area contributed by atoms with Crippen molar-refractivity contribution in [1.82, 2.24) is 15.8 Å². The largest absolute Gasteiger partial charge is 0.473 e.